The Labute approximate surface area is 120 Å². The largest absolute Gasteiger partial charge is 0.334 e. The second kappa shape index (κ2) is 6.70. The van der Waals surface area contributed by atoms with Gasteiger partial charge in [-0.15, -0.1) is 0 Å². The van der Waals surface area contributed by atoms with E-state index in [9.17, 15) is 4.79 Å². The second-order valence-electron chi connectivity index (χ2n) is 5.87. The van der Waals surface area contributed by atoms with Crippen LogP contribution in [-0.4, -0.2) is 28.4 Å². The van der Waals surface area contributed by atoms with Crippen LogP contribution >= 0.6 is 0 Å². The molecule has 1 fully saturated rings. The molecule has 1 aromatic heterocycles. The SMILES string of the molecule is CC(C)CN(C(=O)c1ccc(NN)cn1)C1CCCC1. The van der Waals surface area contributed by atoms with E-state index in [1.54, 1.807) is 18.3 Å². The highest BCUT2D eigenvalue weighted by atomic mass is 16.2. The van der Waals surface area contributed by atoms with Crippen molar-refractivity contribution in [2.24, 2.45) is 11.8 Å². The van der Waals surface area contributed by atoms with Gasteiger partial charge in [0.25, 0.3) is 5.91 Å². The summed E-state index contributed by atoms with van der Waals surface area (Å²) in [6.07, 6.45) is 6.25. The van der Waals surface area contributed by atoms with Crippen molar-refractivity contribution < 1.29 is 4.79 Å². The summed E-state index contributed by atoms with van der Waals surface area (Å²) >= 11 is 0. The number of hydrogen-bond donors (Lipinski definition) is 2. The number of carbonyl (C=O) groups excluding carboxylic acids is 1. The molecule has 110 valence electrons. The van der Waals surface area contributed by atoms with Crippen molar-refractivity contribution in [3.05, 3.63) is 24.0 Å². The lowest BCUT2D eigenvalue weighted by molar-refractivity contribution is 0.0649. The molecule has 0 atom stereocenters. The number of hydrogen-bond acceptors (Lipinski definition) is 4. The van der Waals surface area contributed by atoms with Gasteiger partial charge in [-0.2, -0.15) is 0 Å². The van der Waals surface area contributed by atoms with Crippen molar-refractivity contribution in [3.63, 3.8) is 0 Å². The molecule has 0 aromatic carbocycles. The van der Waals surface area contributed by atoms with Gasteiger partial charge in [0.2, 0.25) is 0 Å². The molecule has 20 heavy (non-hydrogen) atoms. The summed E-state index contributed by atoms with van der Waals surface area (Å²) in [5, 5.41) is 0. The molecular formula is C15H24N4O. The Hall–Kier alpha value is -1.62. The zero-order valence-corrected chi connectivity index (χ0v) is 12.3. The zero-order chi connectivity index (χ0) is 14.5. The fourth-order valence-corrected chi connectivity index (χ4v) is 2.76. The van der Waals surface area contributed by atoms with Crippen molar-refractivity contribution in [3.8, 4) is 0 Å². The maximum atomic E-state index is 12.7. The number of anilines is 1. The fourth-order valence-electron chi connectivity index (χ4n) is 2.76. The van der Waals surface area contributed by atoms with Gasteiger partial charge >= 0.3 is 0 Å². The minimum Gasteiger partial charge on any atom is -0.334 e. The molecule has 1 aliphatic carbocycles. The van der Waals surface area contributed by atoms with E-state index in [1.807, 2.05) is 4.90 Å². The number of nitrogens with two attached hydrogens (primary N) is 1. The van der Waals surface area contributed by atoms with E-state index in [4.69, 9.17) is 5.84 Å². The lowest BCUT2D eigenvalue weighted by Gasteiger charge is -2.30. The Bertz CT molecular complexity index is 438. The summed E-state index contributed by atoms with van der Waals surface area (Å²) < 4.78 is 0. The molecular weight excluding hydrogens is 252 g/mol. The second-order valence-corrected chi connectivity index (χ2v) is 5.87. The Balaban J connectivity index is 2.15. The van der Waals surface area contributed by atoms with E-state index in [0.29, 0.717) is 23.3 Å². The molecule has 1 saturated carbocycles. The van der Waals surface area contributed by atoms with Gasteiger partial charge in [-0.25, -0.2) is 4.98 Å². The summed E-state index contributed by atoms with van der Waals surface area (Å²) in [6.45, 7) is 5.08. The quantitative estimate of drug-likeness (QED) is 0.640. The lowest BCUT2D eigenvalue weighted by Crippen LogP contribution is -2.41. The van der Waals surface area contributed by atoms with Gasteiger partial charge in [0.15, 0.2) is 0 Å². The van der Waals surface area contributed by atoms with Crippen molar-refractivity contribution in [2.45, 2.75) is 45.6 Å². The number of hydrazine groups is 1. The van der Waals surface area contributed by atoms with Crippen LogP contribution < -0.4 is 11.3 Å². The highest BCUT2D eigenvalue weighted by Gasteiger charge is 2.28. The topological polar surface area (TPSA) is 71.2 Å². The summed E-state index contributed by atoms with van der Waals surface area (Å²) in [5.41, 5.74) is 3.73. The molecule has 0 spiro atoms. The van der Waals surface area contributed by atoms with Crippen molar-refractivity contribution in [1.82, 2.24) is 9.88 Å². The van der Waals surface area contributed by atoms with Crippen LogP contribution in [0.4, 0.5) is 5.69 Å². The first-order chi connectivity index (χ1) is 9.61. The average Bonchev–Trinajstić information content (AvgIpc) is 2.98. The third kappa shape index (κ3) is 3.48. The number of nitrogens with one attached hydrogen (secondary N) is 1. The molecule has 0 aliphatic heterocycles. The molecule has 5 heteroatoms. The van der Waals surface area contributed by atoms with Gasteiger partial charge < -0.3 is 10.3 Å². The van der Waals surface area contributed by atoms with Crippen LogP contribution in [-0.2, 0) is 0 Å². The smallest absolute Gasteiger partial charge is 0.272 e. The molecule has 2 rings (SSSR count). The van der Waals surface area contributed by atoms with Crippen LogP contribution in [0.5, 0.6) is 0 Å². The summed E-state index contributed by atoms with van der Waals surface area (Å²) in [7, 11) is 0. The van der Waals surface area contributed by atoms with Crippen molar-refractivity contribution in [1.29, 1.82) is 0 Å². The molecule has 1 heterocycles. The molecule has 1 amide bonds. The standard InChI is InChI=1S/C15H24N4O/c1-11(2)10-19(13-5-3-4-6-13)15(20)14-8-7-12(18-16)9-17-14/h7-9,11,13,18H,3-6,10,16H2,1-2H3. The van der Waals surface area contributed by atoms with Gasteiger partial charge in [0, 0.05) is 12.6 Å². The Morgan fingerprint density at radius 3 is 2.65 bits per heavy atom. The average molecular weight is 276 g/mol. The molecule has 0 saturated heterocycles. The minimum atomic E-state index is 0.0363. The molecule has 3 N–H and O–H groups in total. The van der Waals surface area contributed by atoms with Crippen LogP contribution in [0, 0.1) is 5.92 Å². The highest BCUT2D eigenvalue weighted by molar-refractivity contribution is 5.92. The summed E-state index contributed by atoms with van der Waals surface area (Å²) in [6, 6.07) is 3.89. The highest BCUT2D eigenvalue weighted by Crippen LogP contribution is 2.25. The number of aromatic nitrogens is 1. The molecule has 5 nitrogen and oxygen atoms in total. The molecule has 0 bridgehead atoms. The van der Waals surface area contributed by atoms with E-state index >= 15 is 0 Å². The monoisotopic (exact) mass is 276 g/mol. The first kappa shape index (κ1) is 14.8. The number of nitrogens with zero attached hydrogens (tertiary/aromatic N) is 2. The predicted molar refractivity (Wildman–Crippen MR) is 80.2 cm³/mol. The normalized spacial score (nSPS) is 15.6. The van der Waals surface area contributed by atoms with Gasteiger partial charge in [0.1, 0.15) is 5.69 Å². The summed E-state index contributed by atoms with van der Waals surface area (Å²) in [5.74, 6) is 5.81. The van der Waals surface area contributed by atoms with Crippen LogP contribution in [0.3, 0.4) is 0 Å². The van der Waals surface area contributed by atoms with E-state index in [1.165, 1.54) is 12.8 Å². The lowest BCUT2D eigenvalue weighted by atomic mass is 10.1. The first-order valence-corrected chi connectivity index (χ1v) is 7.35. The van der Waals surface area contributed by atoms with Crippen LogP contribution in [0.1, 0.15) is 50.0 Å². The zero-order valence-electron chi connectivity index (χ0n) is 12.3. The molecule has 0 unspecified atom stereocenters. The Morgan fingerprint density at radius 1 is 1.45 bits per heavy atom. The van der Waals surface area contributed by atoms with Crippen molar-refractivity contribution in [2.75, 3.05) is 12.0 Å². The van der Waals surface area contributed by atoms with Crippen LogP contribution in [0.25, 0.3) is 0 Å². The van der Waals surface area contributed by atoms with Gasteiger partial charge in [-0.3, -0.25) is 10.6 Å². The van der Waals surface area contributed by atoms with Crippen LogP contribution in [0.2, 0.25) is 0 Å². The third-order valence-corrected chi connectivity index (χ3v) is 3.74. The minimum absolute atomic E-state index is 0.0363. The Morgan fingerprint density at radius 2 is 2.15 bits per heavy atom. The number of nitrogen functional groups attached to an aromatic ring is 1. The first-order valence-electron chi connectivity index (χ1n) is 7.35. The summed E-state index contributed by atoms with van der Waals surface area (Å²) in [4.78, 5) is 18.9. The van der Waals surface area contributed by atoms with E-state index in [0.717, 1.165) is 19.4 Å². The van der Waals surface area contributed by atoms with Gasteiger partial charge in [-0.1, -0.05) is 26.7 Å². The number of rotatable bonds is 5. The maximum Gasteiger partial charge on any atom is 0.272 e. The molecule has 0 radical (unpaired) electrons. The van der Waals surface area contributed by atoms with Gasteiger partial charge in [0.05, 0.1) is 11.9 Å². The predicted octanol–water partition coefficient (Wildman–Crippen LogP) is 2.41. The van der Waals surface area contributed by atoms with Crippen LogP contribution in [0.15, 0.2) is 18.3 Å². The van der Waals surface area contributed by atoms with E-state index in [-0.39, 0.29) is 5.91 Å². The Kier molecular flexibility index (Phi) is 4.95. The maximum absolute atomic E-state index is 12.7. The number of pyridine rings is 1. The van der Waals surface area contributed by atoms with E-state index in [2.05, 4.69) is 24.3 Å². The molecule has 1 aromatic rings. The fraction of sp³-hybridized carbons (Fsp3) is 0.600. The van der Waals surface area contributed by atoms with Gasteiger partial charge in [-0.05, 0) is 30.9 Å². The van der Waals surface area contributed by atoms with E-state index < -0.39 is 0 Å². The molecule has 1 aliphatic rings. The number of carbonyl (C=O) groups is 1. The number of amides is 1. The third-order valence-electron chi connectivity index (χ3n) is 3.74. The van der Waals surface area contributed by atoms with Crippen molar-refractivity contribution >= 4 is 11.6 Å².